The smallest absolute Gasteiger partial charge is 0.161 e. The molecular weight excluding hydrogens is 218 g/mol. The molecule has 0 fully saturated rings. The summed E-state index contributed by atoms with van der Waals surface area (Å²) in [6, 6.07) is 5.52. The first-order valence-corrected chi connectivity index (χ1v) is 5.70. The van der Waals surface area contributed by atoms with Crippen molar-refractivity contribution < 1.29 is 14.6 Å². The number of benzene rings is 1. The van der Waals surface area contributed by atoms with Crippen molar-refractivity contribution in [3.05, 3.63) is 36.4 Å². The number of aliphatic hydroxyl groups excluding tert-OH is 1. The normalized spacial score (nSPS) is 15.4. The van der Waals surface area contributed by atoms with Gasteiger partial charge in [0, 0.05) is 13.1 Å². The molecule has 0 bridgehead atoms. The maximum Gasteiger partial charge on any atom is 0.161 e. The van der Waals surface area contributed by atoms with Crippen molar-refractivity contribution in [3.8, 4) is 11.5 Å². The lowest BCUT2D eigenvalue weighted by Gasteiger charge is -2.20. The number of ether oxygens (including phenoxy) is 2. The van der Waals surface area contributed by atoms with Gasteiger partial charge in [-0.3, -0.25) is 0 Å². The molecule has 0 saturated heterocycles. The molecule has 92 valence electrons. The molecule has 1 heterocycles. The highest BCUT2D eigenvalue weighted by Gasteiger charge is 2.14. The second-order valence-corrected chi connectivity index (χ2v) is 3.87. The molecule has 2 N–H and O–H groups in total. The van der Waals surface area contributed by atoms with Gasteiger partial charge in [-0.1, -0.05) is 12.1 Å². The zero-order chi connectivity index (χ0) is 12.1. The molecule has 1 aromatic rings. The first-order valence-electron chi connectivity index (χ1n) is 5.70. The first-order chi connectivity index (χ1) is 8.31. The zero-order valence-corrected chi connectivity index (χ0v) is 9.69. The maximum atomic E-state index is 9.96. The Bertz CT molecular complexity index is 392. The van der Waals surface area contributed by atoms with Crippen LogP contribution in [0.25, 0.3) is 0 Å². The predicted molar refractivity (Wildman–Crippen MR) is 65.5 cm³/mol. The highest BCUT2D eigenvalue weighted by atomic mass is 16.6. The van der Waals surface area contributed by atoms with E-state index in [0.717, 1.165) is 11.3 Å². The van der Waals surface area contributed by atoms with Crippen molar-refractivity contribution in [2.45, 2.75) is 6.10 Å². The van der Waals surface area contributed by atoms with E-state index in [-0.39, 0.29) is 0 Å². The van der Waals surface area contributed by atoms with E-state index in [1.807, 2.05) is 18.2 Å². The van der Waals surface area contributed by atoms with E-state index in [1.165, 1.54) is 0 Å². The molecule has 1 atom stereocenters. The molecule has 0 aromatic heterocycles. The van der Waals surface area contributed by atoms with E-state index in [9.17, 15) is 5.11 Å². The Morgan fingerprint density at radius 2 is 2.12 bits per heavy atom. The lowest BCUT2D eigenvalue weighted by Crippen LogP contribution is -2.21. The van der Waals surface area contributed by atoms with Gasteiger partial charge in [0.25, 0.3) is 0 Å². The number of hydrogen-bond donors (Lipinski definition) is 2. The van der Waals surface area contributed by atoms with Crippen LogP contribution in [-0.2, 0) is 0 Å². The van der Waals surface area contributed by atoms with Crippen LogP contribution in [0.1, 0.15) is 11.7 Å². The van der Waals surface area contributed by atoms with Crippen molar-refractivity contribution in [2.75, 3.05) is 26.3 Å². The minimum absolute atomic E-state index is 0.492. The molecule has 4 nitrogen and oxygen atoms in total. The quantitative estimate of drug-likeness (QED) is 0.596. The Morgan fingerprint density at radius 1 is 1.35 bits per heavy atom. The van der Waals surface area contributed by atoms with Crippen molar-refractivity contribution in [1.29, 1.82) is 0 Å². The minimum atomic E-state index is -0.550. The molecule has 0 saturated carbocycles. The fourth-order valence-electron chi connectivity index (χ4n) is 1.71. The Hall–Kier alpha value is -1.52. The van der Waals surface area contributed by atoms with Crippen molar-refractivity contribution in [3.63, 3.8) is 0 Å². The molecule has 0 amide bonds. The number of aliphatic hydroxyl groups is 1. The van der Waals surface area contributed by atoms with Gasteiger partial charge in [0.05, 0.1) is 6.10 Å². The van der Waals surface area contributed by atoms with E-state index in [4.69, 9.17) is 9.47 Å². The molecule has 0 spiro atoms. The lowest BCUT2D eigenvalue weighted by molar-refractivity contribution is 0.164. The SMILES string of the molecule is C=CCNCC(O)c1ccc2c(c1)OCCO2. The summed E-state index contributed by atoms with van der Waals surface area (Å²) < 4.78 is 10.9. The molecule has 2 rings (SSSR count). The first kappa shape index (κ1) is 12.0. The lowest BCUT2D eigenvalue weighted by atomic mass is 10.1. The fraction of sp³-hybridized carbons (Fsp3) is 0.385. The van der Waals surface area contributed by atoms with E-state index in [0.29, 0.717) is 32.1 Å². The molecule has 0 radical (unpaired) electrons. The van der Waals surface area contributed by atoms with Crippen molar-refractivity contribution in [2.24, 2.45) is 0 Å². The van der Waals surface area contributed by atoms with Crippen LogP contribution in [0.3, 0.4) is 0 Å². The summed E-state index contributed by atoms with van der Waals surface area (Å²) in [5, 5.41) is 13.0. The summed E-state index contributed by atoms with van der Waals surface area (Å²) in [6.07, 6.45) is 1.21. The topological polar surface area (TPSA) is 50.7 Å². The summed E-state index contributed by atoms with van der Waals surface area (Å²) in [5.74, 6) is 1.45. The van der Waals surface area contributed by atoms with Crippen LogP contribution in [0, 0.1) is 0 Å². The molecule has 0 aliphatic carbocycles. The molecule has 4 heteroatoms. The van der Waals surface area contributed by atoms with Gasteiger partial charge in [-0.2, -0.15) is 0 Å². The Labute approximate surface area is 101 Å². The van der Waals surface area contributed by atoms with Gasteiger partial charge in [-0.05, 0) is 17.7 Å². The highest BCUT2D eigenvalue weighted by Crippen LogP contribution is 2.32. The van der Waals surface area contributed by atoms with E-state index in [2.05, 4.69) is 11.9 Å². The van der Waals surface area contributed by atoms with Crippen LogP contribution in [0.2, 0.25) is 0 Å². The Kier molecular flexibility index (Phi) is 4.01. The molecule has 1 aromatic carbocycles. The summed E-state index contributed by atoms with van der Waals surface area (Å²) in [7, 11) is 0. The van der Waals surface area contributed by atoms with Gasteiger partial charge < -0.3 is 19.9 Å². The maximum absolute atomic E-state index is 9.96. The van der Waals surface area contributed by atoms with Gasteiger partial charge in [-0.15, -0.1) is 6.58 Å². The van der Waals surface area contributed by atoms with Gasteiger partial charge >= 0.3 is 0 Å². The predicted octanol–water partition coefficient (Wildman–Crippen LogP) is 1.27. The zero-order valence-electron chi connectivity index (χ0n) is 9.69. The Balaban J connectivity index is 2.02. The summed E-state index contributed by atoms with van der Waals surface area (Å²) in [6.45, 7) is 5.92. The third kappa shape index (κ3) is 2.99. The van der Waals surface area contributed by atoms with Crippen LogP contribution in [0.15, 0.2) is 30.9 Å². The number of nitrogens with one attached hydrogen (secondary N) is 1. The van der Waals surface area contributed by atoms with E-state index >= 15 is 0 Å². The molecule has 1 aliphatic heterocycles. The van der Waals surface area contributed by atoms with Crippen LogP contribution in [0.5, 0.6) is 11.5 Å². The average Bonchev–Trinajstić information content (AvgIpc) is 2.38. The molecule has 17 heavy (non-hydrogen) atoms. The largest absolute Gasteiger partial charge is 0.486 e. The van der Waals surface area contributed by atoms with Gasteiger partial charge in [-0.25, -0.2) is 0 Å². The number of fused-ring (bicyclic) bond motifs is 1. The van der Waals surface area contributed by atoms with Crippen LogP contribution in [0.4, 0.5) is 0 Å². The van der Waals surface area contributed by atoms with Crippen molar-refractivity contribution in [1.82, 2.24) is 5.32 Å². The monoisotopic (exact) mass is 235 g/mol. The van der Waals surface area contributed by atoms with Gasteiger partial charge in [0.2, 0.25) is 0 Å². The number of rotatable bonds is 5. The van der Waals surface area contributed by atoms with Crippen molar-refractivity contribution >= 4 is 0 Å². The third-order valence-electron chi connectivity index (χ3n) is 2.58. The average molecular weight is 235 g/mol. The second kappa shape index (κ2) is 5.70. The van der Waals surface area contributed by atoms with E-state index in [1.54, 1.807) is 6.08 Å². The van der Waals surface area contributed by atoms with Crippen LogP contribution < -0.4 is 14.8 Å². The third-order valence-corrected chi connectivity index (χ3v) is 2.58. The standard InChI is InChI=1S/C13H17NO3/c1-2-5-14-9-11(15)10-3-4-12-13(8-10)17-7-6-16-12/h2-4,8,11,14-15H,1,5-7,9H2. The molecule has 1 aliphatic rings. The fourth-order valence-corrected chi connectivity index (χ4v) is 1.71. The summed E-state index contributed by atoms with van der Waals surface area (Å²) in [4.78, 5) is 0. The summed E-state index contributed by atoms with van der Waals surface area (Å²) in [5.41, 5.74) is 0.825. The molecule has 1 unspecified atom stereocenters. The van der Waals surface area contributed by atoms with Gasteiger partial charge in [0.1, 0.15) is 13.2 Å². The molecular formula is C13H17NO3. The number of hydrogen-bond acceptors (Lipinski definition) is 4. The van der Waals surface area contributed by atoms with Crippen LogP contribution >= 0.6 is 0 Å². The van der Waals surface area contributed by atoms with Gasteiger partial charge in [0.15, 0.2) is 11.5 Å². The minimum Gasteiger partial charge on any atom is -0.486 e. The van der Waals surface area contributed by atoms with Crippen LogP contribution in [-0.4, -0.2) is 31.4 Å². The highest BCUT2D eigenvalue weighted by molar-refractivity contribution is 5.44. The Morgan fingerprint density at radius 3 is 2.88 bits per heavy atom. The second-order valence-electron chi connectivity index (χ2n) is 3.87. The van der Waals surface area contributed by atoms with E-state index < -0.39 is 6.10 Å². The summed E-state index contributed by atoms with van der Waals surface area (Å²) >= 11 is 0.